The van der Waals surface area contributed by atoms with E-state index in [1.165, 1.54) is 0 Å². The van der Waals surface area contributed by atoms with Gasteiger partial charge in [-0.05, 0) is 35.4 Å². The van der Waals surface area contributed by atoms with Crippen LogP contribution in [-0.4, -0.2) is 25.0 Å². The highest BCUT2D eigenvalue weighted by Gasteiger charge is 2.28. The molecule has 0 bridgehead atoms. The van der Waals surface area contributed by atoms with E-state index in [0.29, 0.717) is 56.6 Å². The summed E-state index contributed by atoms with van der Waals surface area (Å²) in [6.07, 6.45) is 0. The molecule has 0 fully saturated rings. The van der Waals surface area contributed by atoms with E-state index in [-0.39, 0.29) is 11.8 Å². The zero-order valence-corrected chi connectivity index (χ0v) is 22.4. The fourth-order valence-corrected chi connectivity index (χ4v) is 4.19. The molecule has 0 amide bonds. The van der Waals surface area contributed by atoms with Crippen LogP contribution in [0.5, 0.6) is 11.5 Å². The van der Waals surface area contributed by atoms with Crippen molar-refractivity contribution in [2.75, 3.05) is 25.0 Å². The van der Waals surface area contributed by atoms with Gasteiger partial charge in [-0.15, -0.1) is 23.2 Å². The zero-order chi connectivity index (χ0) is 23.3. The first-order chi connectivity index (χ1) is 14.5. The highest BCUT2D eigenvalue weighted by Crippen LogP contribution is 2.44. The molecule has 0 saturated carbocycles. The van der Waals surface area contributed by atoms with Crippen LogP contribution in [-0.2, 0) is 5.41 Å². The van der Waals surface area contributed by atoms with Crippen molar-refractivity contribution in [1.82, 2.24) is 0 Å². The monoisotopic (exact) mass is 544 g/mol. The van der Waals surface area contributed by atoms with Gasteiger partial charge in [0.05, 0.1) is 33.3 Å². The summed E-state index contributed by atoms with van der Waals surface area (Å²) in [6.45, 7) is 8.93. The largest absolute Gasteiger partial charge is 0.490 e. The van der Waals surface area contributed by atoms with Gasteiger partial charge in [0.25, 0.3) is 0 Å². The van der Waals surface area contributed by atoms with Gasteiger partial charge in [0.15, 0.2) is 11.5 Å². The second kappa shape index (κ2) is 11.8. The van der Waals surface area contributed by atoms with Crippen molar-refractivity contribution in [2.45, 2.75) is 33.1 Å². The molecule has 0 heterocycles. The molecule has 0 radical (unpaired) electrons. The lowest BCUT2D eigenvalue weighted by Gasteiger charge is -2.28. The van der Waals surface area contributed by atoms with Crippen LogP contribution in [0.15, 0.2) is 24.3 Å². The summed E-state index contributed by atoms with van der Waals surface area (Å²) in [7, 11) is 0. The summed E-state index contributed by atoms with van der Waals surface area (Å²) in [5.74, 6) is 2.25. The van der Waals surface area contributed by atoms with Crippen molar-refractivity contribution >= 4 is 69.6 Å². The lowest BCUT2D eigenvalue weighted by atomic mass is 9.78. The minimum Gasteiger partial charge on any atom is -0.490 e. The van der Waals surface area contributed by atoms with E-state index in [9.17, 15) is 0 Å². The number of hydrogen-bond acceptors (Lipinski definition) is 2. The summed E-state index contributed by atoms with van der Waals surface area (Å²) in [5.41, 5.74) is 1.32. The number of rotatable bonds is 10. The molecule has 2 unspecified atom stereocenters. The van der Waals surface area contributed by atoms with E-state index in [0.717, 1.165) is 11.1 Å². The van der Waals surface area contributed by atoms with Gasteiger partial charge < -0.3 is 9.47 Å². The smallest absolute Gasteiger partial charge is 0.156 e. The van der Waals surface area contributed by atoms with Gasteiger partial charge in [-0.2, -0.15) is 0 Å². The highest BCUT2D eigenvalue weighted by atomic mass is 35.5. The predicted octanol–water partition coefficient (Wildman–Crippen LogP) is 9.13. The van der Waals surface area contributed by atoms with E-state index < -0.39 is 5.41 Å². The van der Waals surface area contributed by atoms with Crippen molar-refractivity contribution in [3.8, 4) is 11.5 Å². The second-order valence-corrected chi connectivity index (χ2v) is 10.6. The first-order valence-electron chi connectivity index (χ1n) is 9.87. The summed E-state index contributed by atoms with van der Waals surface area (Å²) in [6, 6.07) is 7.40. The van der Waals surface area contributed by atoms with Crippen molar-refractivity contribution < 1.29 is 9.47 Å². The third kappa shape index (κ3) is 6.88. The lowest BCUT2D eigenvalue weighted by molar-refractivity contribution is 0.273. The first-order valence-corrected chi connectivity index (χ1v) is 12.5. The summed E-state index contributed by atoms with van der Waals surface area (Å²) < 4.78 is 11.6. The highest BCUT2D eigenvalue weighted by molar-refractivity contribution is 6.38. The molecule has 2 aromatic carbocycles. The molecule has 2 atom stereocenters. The van der Waals surface area contributed by atoms with Gasteiger partial charge in [0.1, 0.15) is 0 Å². The van der Waals surface area contributed by atoms with Crippen LogP contribution in [0.2, 0.25) is 20.1 Å². The fraction of sp³-hybridized carbons (Fsp3) is 0.478. The zero-order valence-electron chi connectivity index (χ0n) is 17.9. The molecule has 0 N–H and O–H groups in total. The lowest BCUT2D eigenvalue weighted by Crippen LogP contribution is -2.20. The number of alkyl halides is 2. The number of ether oxygens (including phenoxy) is 2. The third-order valence-corrected chi connectivity index (χ3v) is 7.17. The Bertz CT molecular complexity index is 782. The van der Waals surface area contributed by atoms with Crippen LogP contribution in [0.3, 0.4) is 0 Å². The molecule has 0 saturated heterocycles. The molecule has 2 aromatic rings. The molecule has 2 rings (SSSR count). The molecule has 0 aromatic heterocycles. The van der Waals surface area contributed by atoms with E-state index >= 15 is 0 Å². The van der Waals surface area contributed by atoms with Gasteiger partial charge in [0, 0.05) is 29.0 Å². The van der Waals surface area contributed by atoms with E-state index in [1.54, 1.807) is 0 Å². The van der Waals surface area contributed by atoms with Gasteiger partial charge in [-0.25, -0.2) is 0 Å². The molecule has 172 valence electrons. The maximum atomic E-state index is 6.50. The Hall–Kier alpha value is -0.220. The van der Waals surface area contributed by atoms with Crippen molar-refractivity contribution in [3.63, 3.8) is 0 Å². The molecule has 0 aliphatic carbocycles. The minimum atomic E-state index is -0.482. The van der Waals surface area contributed by atoms with Crippen LogP contribution >= 0.6 is 69.6 Å². The van der Waals surface area contributed by atoms with Crippen LogP contribution in [0.4, 0.5) is 0 Å². The van der Waals surface area contributed by atoms with Crippen LogP contribution in [0, 0.1) is 11.8 Å². The topological polar surface area (TPSA) is 18.5 Å². The molecule has 0 spiro atoms. The van der Waals surface area contributed by atoms with Crippen molar-refractivity contribution in [1.29, 1.82) is 0 Å². The van der Waals surface area contributed by atoms with Crippen molar-refractivity contribution in [2.24, 2.45) is 11.8 Å². The normalized spacial score (nSPS) is 13.7. The number of benzene rings is 2. The SMILES string of the molecule is CC(CCl)COc1c(Cl)cc(C(C)(C)c2cc(Cl)c(OCC(C)CCl)c(Cl)c2)cc1Cl. The standard InChI is InChI=1S/C23H26Cl6O2/c1-13(9-24)11-30-21-17(26)5-15(6-18(21)27)23(3,4)16-7-19(28)22(20(29)8-16)31-12-14(2)10-25/h5-8,13-14H,9-12H2,1-4H3. The van der Waals surface area contributed by atoms with Gasteiger partial charge in [-0.3, -0.25) is 0 Å². The summed E-state index contributed by atoms with van der Waals surface area (Å²) >= 11 is 37.7. The molecule has 2 nitrogen and oxygen atoms in total. The average molecular weight is 547 g/mol. The molecular weight excluding hydrogens is 521 g/mol. The molecule has 31 heavy (non-hydrogen) atoms. The Kier molecular flexibility index (Phi) is 10.3. The maximum absolute atomic E-state index is 6.50. The van der Waals surface area contributed by atoms with Crippen molar-refractivity contribution in [3.05, 3.63) is 55.5 Å². The van der Waals surface area contributed by atoms with Crippen LogP contribution in [0.1, 0.15) is 38.8 Å². The maximum Gasteiger partial charge on any atom is 0.156 e. The predicted molar refractivity (Wildman–Crippen MR) is 136 cm³/mol. The van der Waals surface area contributed by atoms with E-state index in [1.807, 2.05) is 52.0 Å². The number of hydrogen-bond donors (Lipinski definition) is 0. The third-order valence-electron chi connectivity index (χ3n) is 4.99. The Morgan fingerprint density at radius 2 is 0.968 bits per heavy atom. The fourth-order valence-electron chi connectivity index (χ4n) is 2.82. The Morgan fingerprint density at radius 3 is 1.23 bits per heavy atom. The Morgan fingerprint density at radius 1 is 0.677 bits per heavy atom. The van der Waals surface area contributed by atoms with Gasteiger partial charge >= 0.3 is 0 Å². The summed E-state index contributed by atoms with van der Waals surface area (Å²) in [5, 5.41) is 1.74. The average Bonchev–Trinajstić information content (AvgIpc) is 2.71. The Labute approximate surface area is 215 Å². The van der Waals surface area contributed by atoms with E-state index in [2.05, 4.69) is 0 Å². The van der Waals surface area contributed by atoms with Crippen LogP contribution < -0.4 is 9.47 Å². The summed E-state index contributed by atoms with van der Waals surface area (Å²) in [4.78, 5) is 0. The second-order valence-electron chi connectivity index (χ2n) is 8.30. The van der Waals surface area contributed by atoms with Crippen LogP contribution in [0.25, 0.3) is 0 Å². The number of halogens is 6. The minimum absolute atomic E-state index is 0.183. The quantitative estimate of drug-likeness (QED) is 0.276. The molecule has 0 aliphatic rings. The molecular formula is C23H26Cl6O2. The van der Waals surface area contributed by atoms with E-state index in [4.69, 9.17) is 79.1 Å². The van der Waals surface area contributed by atoms with Gasteiger partial charge in [-0.1, -0.05) is 74.1 Å². The first kappa shape index (κ1) is 27.0. The molecule has 8 heteroatoms. The van der Waals surface area contributed by atoms with Gasteiger partial charge in [0.2, 0.25) is 0 Å². The Balaban J connectivity index is 2.34. The molecule has 0 aliphatic heterocycles.